The summed E-state index contributed by atoms with van der Waals surface area (Å²) in [6.07, 6.45) is 1.81. The standard InChI is InChI=1S/C16H17BrFNS/c1-2-14(19)9-11-3-4-12(17)10-16(11)20-15-7-5-13(18)6-8-15/h3-8,10,14H,2,9,19H2,1H3. The Hall–Kier alpha value is -0.840. The fourth-order valence-electron chi connectivity index (χ4n) is 1.85. The van der Waals surface area contributed by atoms with Crippen molar-refractivity contribution in [3.05, 3.63) is 58.3 Å². The minimum atomic E-state index is -0.211. The van der Waals surface area contributed by atoms with Crippen molar-refractivity contribution in [3.8, 4) is 0 Å². The number of hydrogen-bond acceptors (Lipinski definition) is 2. The molecule has 2 N–H and O–H groups in total. The van der Waals surface area contributed by atoms with Crippen molar-refractivity contribution in [2.45, 2.75) is 35.6 Å². The Morgan fingerprint density at radius 3 is 2.55 bits per heavy atom. The van der Waals surface area contributed by atoms with Crippen LogP contribution in [0.2, 0.25) is 0 Å². The third-order valence-electron chi connectivity index (χ3n) is 3.08. The Kier molecular flexibility index (Phi) is 5.64. The largest absolute Gasteiger partial charge is 0.327 e. The summed E-state index contributed by atoms with van der Waals surface area (Å²) >= 11 is 5.14. The Labute approximate surface area is 131 Å². The van der Waals surface area contributed by atoms with E-state index in [0.29, 0.717) is 0 Å². The molecule has 0 saturated heterocycles. The van der Waals surface area contributed by atoms with Crippen LogP contribution in [0.4, 0.5) is 4.39 Å². The van der Waals surface area contributed by atoms with Crippen LogP contribution in [0.1, 0.15) is 18.9 Å². The van der Waals surface area contributed by atoms with E-state index in [0.717, 1.165) is 27.1 Å². The maximum absolute atomic E-state index is 13.0. The molecule has 0 amide bonds. The predicted molar refractivity (Wildman–Crippen MR) is 86.6 cm³/mol. The summed E-state index contributed by atoms with van der Waals surface area (Å²) in [5.41, 5.74) is 7.29. The van der Waals surface area contributed by atoms with Gasteiger partial charge in [-0.3, -0.25) is 0 Å². The van der Waals surface area contributed by atoms with Crippen LogP contribution in [-0.2, 0) is 6.42 Å². The van der Waals surface area contributed by atoms with Crippen LogP contribution in [-0.4, -0.2) is 6.04 Å². The first-order valence-corrected chi connectivity index (χ1v) is 8.17. The molecule has 0 bridgehead atoms. The van der Waals surface area contributed by atoms with E-state index in [1.165, 1.54) is 17.7 Å². The predicted octanol–water partition coefficient (Wildman–Crippen LogP) is 5.02. The van der Waals surface area contributed by atoms with Crippen molar-refractivity contribution in [2.24, 2.45) is 5.73 Å². The van der Waals surface area contributed by atoms with Crippen LogP contribution in [0.3, 0.4) is 0 Å². The summed E-state index contributed by atoms with van der Waals surface area (Å²) in [6.45, 7) is 2.09. The highest BCUT2D eigenvalue weighted by Crippen LogP contribution is 2.33. The Bertz CT molecular complexity index is 571. The normalized spacial score (nSPS) is 12.4. The lowest BCUT2D eigenvalue weighted by Crippen LogP contribution is -2.21. The van der Waals surface area contributed by atoms with Gasteiger partial charge in [0.1, 0.15) is 5.82 Å². The molecule has 1 nitrogen and oxygen atoms in total. The van der Waals surface area contributed by atoms with Crippen LogP contribution in [0.15, 0.2) is 56.7 Å². The molecule has 0 aliphatic heterocycles. The van der Waals surface area contributed by atoms with Gasteiger partial charge in [-0.05, 0) is 54.8 Å². The van der Waals surface area contributed by atoms with Gasteiger partial charge in [0.05, 0.1) is 0 Å². The number of benzene rings is 2. The highest BCUT2D eigenvalue weighted by molar-refractivity contribution is 9.10. The average Bonchev–Trinajstić information content (AvgIpc) is 2.44. The van der Waals surface area contributed by atoms with Gasteiger partial charge in [0.2, 0.25) is 0 Å². The minimum Gasteiger partial charge on any atom is -0.327 e. The molecule has 20 heavy (non-hydrogen) atoms. The van der Waals surface area contributed by atoms with E-state index in [1.54, 1.807) is 23.9 Å². The monoisotopic (exact) mass is 353 g/mol. The van der Waals surface area contributed by atoms with E-state index in [4.69, 9.17) is 5.73 Å². The molecule has 0 heterocycles. The van der Waals surface area contributed by atoms with Crippen LogP contribution >= 0.6 is 27.7 Å². The topological polar surface area (TPSA) is 26.0 Å². The molecular formula is C16H17BrFNS. The minimum absolute atomic E-state index is 0.170. The van der Waals surface area contributed by atoms with Crippen LogP contribution < -0.4 is 5.73 Å². The molecule has 0 aliphatic rings. The van der Waals surface area contributed by atoms with E-state index < -0.39 is 0 Å². The molecule has 0 aromatic heterocycles. The van der Waals surface area contributed by atoms with Crippen molar-refractivity contribution < 1.29 is 4.39 Å². The van der Waals surface area contributed by atoms with E-state index in [9.17, 15) is 4.39 Å². The first-order chi connectivity index (χ1) is 9.58. The van der Waals surface area contributed by atoms with Crippen LogP contribution in [0.5, 0.6) is 0 Å². The summed E-state index contributed by atoms with van der Waals surface area (Å²) in [5, 5.41) is 0. The maximum Gasteiger partial charge on any atom is 0.123 e. The molecule has 2 aromatic carbocycles. The molecule has 0 aliphatic carbocycles. The van der Waals surface area contributed by atoms with Gasteiger partial charge in [-0.15, -0.1) is 0 Å². The Morgan fingerprint density at radius 2 is 1.90 bits per heavy atom. The number of halogens is 2. The summed E-state index contributed by atoms with van der Waals surface area (Å²) < 4.78 is 14.0. The second kappa shape index (κ2) is 7.25. The second-order valence-electron chi connectivity index (χ2n) is 4.68. The molecule has 0 spiro atoms. The number of nitrogens with two attached hydrogens (primary N) is 1. The lowest BCUT2D eigenvalue weighted by Gasteiger charge is -2.13. The van der Waals surface area contributed by atoms with Gasteiger partial charge < -0.3 is 5.73 Å². The molecule has 1 unspecified atom stereocenters. The third-order valence-corrected chi connectivity index (χ3v) is 4.68. The number of rotatable bonds is 5. The molecule has 2 rings (SSSR count). The molecule has 0 radical (unpaired) electrons. The van der Waals surface area contributed by atoms with E-state index >= 15 is 0 Å². The molecule has 106 valence electrons. The highest BCUT2D eigenvalue weighted by Gasteiger charge is 2.09. The van der Waals surface area contributed by atoms with Crippen molar-refractivity contribution in [3.63, 3.8) is 0 Å². The SMILES string of the molecule is CCC(N)Cc1ccc(Br)cc1Sc1ccc(F)cc1. The molecular weight excluding hydrogens is 337 g/mol. The van der Waals surface area contributed by atoms with Crippen molar-refractivity contribution >= 4 is 27.7 Å². The zero-order valence-electron chi connectivity index (χ0n) is 11.3. The van der Waals surface area contributed by atoms with Crippen LogP contribution in [0.25, 0.3) is 0 Å². The smallest absolute Gasteiger partial charge is 0.123 e. The molecule has 1 atom stereocenters. The lowest BCUT2D eigenvalue weighted by molar-refractivity contribution is 0.626. The van der Waals surface area contributed by atoms with Crippen molar-refractivity contribution in [1.82, 2.24) is 0 Å². The van der Waals surface area contributed by atoms with Gasteiger partial charge in [-0.2, -0.15) is 0 Å². The highest BCUT2D eigenvalue weighted by atomic mass is 79.9. The fourth-order valence-corrected chi connectivity index (χ4v) is 3.36. The first-order valence-electron chi connectivity index (χ1n) is 6.56. The zero-order chi connectivity index (χ0) is 14.5. The Morgan fingerprint density at radius 1 is 1.20 bits per heavy atom. The second-order valence-corrected chi connectivity index (χ2v) is 6.71. The van der Waals surface area contributed by atoms with Gasteiger partial charge in [0.15, 0.2) is 0 Å². The summed E-state index contributed by atoms with van der Waals surface area (Å²) in [6, 6.07) is 13.0. The van der Waals surface area contributed by atoms with Gasteiger partial charge in [-0.25, -0.2) is 4.39 Å². The third kappa shape index (κ3) is 4.33. The average molecular weight is 354 g/mol. The van der Waals surface area contributed by atoms with Gasteiger partial charge in [0.25, 0.3) is 0 Å². The summed E-state index contributed by atoms with van der Waals surface area (Å²) in [7, 11) is 0. The molecule has 0 fully saturated rings. The van der Waals surface area contributed by atoms with Crippen LogP contribution in [0, 0.1) is 5.82 Å². The van der Waals surface area contributed by atoms with E-state index in [2.05, 4.69) is 35.0 Å². The summed E-state index contributed by atoms with van der Waals surface area (Å²) in [4.78, 5) is 2.19. The molecule has 2 aromatic rings. The zero-order valence-corrected chi connectivity index (χ0v) is 13.7. The summed E-state index contributed by atoms with van der Waals surface area (Å²) in [5.74, 6) is -0.211. The molecule has 0 saturated carbocycles. The Balaban J connectivity index is 2.24. The van der Waals surface area contributed by atoms with E-state index in [-0.39, 0.29) is 11.9 Å². The quantitative estimate of drug-likeness (QED) is 0.816. The van der Waals surface area contributed by atoms with Crippen molar-refractivity contribution in [2.75, 3.05) is 0 Å². The lowest BCUT2D eigenvalue weighted by atomic mass is 10.1. The van der Waals surface area contributed by atoms with Gasteiger partial charge in [-0.1, -0.05) is 40.7 Å². The van der Waals surface area contributed by atoms with E-state index in [1.807, 2.05) is 6.07 Å². The maximum atomic E-state index is 13.0. The first kappa shape index (κ1) is 15.5. The van der Waals surface area contributed by atoms with Gasteiger partial charge in [0, 0.05) is 20.3 Å². The fraction of sp³-hybridized carbons (Fsp3) is 0.250. The van der Waals surface area contributed by atoms with Gasteiger partial charge >= 0.3 is 0 Å². The number of hydrogen-bond donors (Lipinski definition) is 1. The van der Waals surface area contributed by atoms with Crippen molar-refractivity contribution in [1.29, 1.82) is 0 Å². The molecule has 4 heteroatoms.